The molecule has 0 saturated carbocycles. The highest BCUT2D eigenvalue weighted by molar-refractivity contribution is 5.95. The maximum absolute atomic E-state index is 12.1. The summed E-state index contributed by atoms with van der Waals surface area (Å²) in [5.74, 6) is -0.581. The minimum absolute atomic E-state index is 0.0862. The Balaban J connectivity index is 3.08. The summed E-state index contributed by atoms with van der Waals surface area (Å²) >= 11 is 0. The Hall–Kier alpha value is -2.42. The predicted molar refractivity (Wildman–Crippen MR) is 74.2 cm³/mol. The number of nitro benzene ring substituents is 1. The van der Waals surface area contributed by atoms with Gasteiger partial charge in [-0.1, -0.05) is 19.9 Å². The Bertz CT molecular complexity index is 590. The van der Waals surface area contributed by atoms with Crippen LogP contribution in [0.15, 0.2) is 18.2 Å². The van der Waals surface area contributed by atoms with Crippen molar-refractivity contribution in [3.63, 3.8) is 0 Å². The van der Waals surface area contributed by atoms with Gasteiger partial charge in [0.05, 0.1) is 11.0 Å². The van der Waals surface area contributed by atoms with Gasteiger partial charge in [-0.2, -0.15) is 5.26 Å². The van der Waals surface area contributed by atoms with Crippen LogP contribution in [0, 0.1) is 34.3 Å². The van der Waals surface area contributed by atoms with Gasteiger partial charge in [-0.25, -0.2) is 0 Å². The van der Waals surface area contributed by atoms with E-state index in [4.69, 9.17) is 5.26 Å². The molecule has 0 radical (unpaired) electrons. The molecule has 20 heavy (non-hydrogen) atoms. The highest BCUT2D eigenvalue weighted by Crippen LogP contribution is 2.21. The number of benzene rings is 1. The monoisotopic (exact) mass is 275 g/mol. The summed E-state index contributed by atoms with van der Waals surface area (Å²) in [5.41, 5.74) is -0.472. The van der Waals surface area contributed by atoms with Crippen molar-refractivity contribution in [1.29, 1.82) is 5.26 Å². The maximum Gasteiger partial charge on any atom is 0.273 e. The molecule has 0 aromatic heterocycles. The smallest absolute Gasteiger partial charge is 0.273 e. The molecule has 6 heteroatoms. The van der Waals surface area contributed by atoms with Crippen LogP contribution in [0.3, 0.4) is 0 Å². The van der Waals surface area contributed by atoms with Gasteiger partial charge in [0.25, 0.3) is 11.6 Å². The van der Waals surface area contributed by atoms with Crippen molar-refractivity contribution >= 4 is 11.6 Å². The zero-order valence-electron chi connectivity index (χ0n) is 11.9. The molecule has 0 heterocycles. The van der Waals surface area contributed by atoms with Gasteiger partial charge >= 0.3 is 0 Å². The summed E-state index contributed by atoms with van der Waals surface area (Å²) in [6.07, 6.45) is 0. The van der Waals surface area contributed by atoms with E-state index < -0.39 is 16.4 Å². The zero-order chi connectivity index (χ0) is 15.5. The van der Waals surface area contributed by atoms with Crippen molar-refractivity contribution in [2.24, 2.45) is 5.92 Å². The molecule has 0 aliphatic heterocycles. The molecule has 106 valence electrons. The molecule has 0 unspecified atom stereocenters. The fourth-order valence-corrected chi connectivity index (χ4v) is 1.56. The van der Waals surface area contributed by atoms with Crippen LogP contribution >= 0.6 is 0 Å². The van der Waals surface area contributed by atoms with E-state index in [2.05, 4.69) is 11.4 Å². The molecule has 0 fully saturated rings. The molecule has 0 aliphatic carbocycles. The minimum Gasteiger partial charge on any atom is -0.334 e. The van der Waals surface area contributed by atoms with Crippen molar-refractivity contribution in [3.8, 4) is 6.07 Å². The number of carbonyl (C=O) groups is 1. The van der Waals surface area contributed by atoms with E-state index in [0.29, 0.717) is 5.56 Å². The Kier molecular flexibility index (Phi) is 4.45. The number of nitrogens with zero attached hydrogens (tertiary/aromatic N) is 2. The van der Waals surface area contributed by atoms with Crippen LogP contribution in [-0.4, -0.2) is 16.4 Å². The van der Waals surface area contributed by atoms with Crippen LogP contribution in [-0.2, 0) is 0 Å². The first-order valence-electron chi connectivity index (χ1n) is 6.20. The van der Waals surface area contributed by atoms with E-state index in [1.807, 2.05) is 13.8 Å². The van der Waals surface area contributed by atoms with Crippen LogP contribution in [0.5, 0.6) is 0 Å². The number of aryl methyl sites for hydroxylation is 1. The van der Waals surface area contributed by atoms with Gasteiger partial charge in [0.15, 0.2) is 0 Å². The first kappa shape index (κ1) is 15.6. The van der Waals surface area contributed by atoms with Crippen molar-refractivity contribution in [2.75, 3.05) is 0 Å². The fourth-order valence-electron chi connectivity index (χ4n) is 1.56. The average Bonchev–Trinajstić information content (AvgIpc) is 2.38. The van der Waals surface area contributed by atoms with Crippen LogP contribution in [0.4, 0.5) is 5.69 Å². The average molecular weight is 275 g/mol. The molecular formula is C14H17N3O3. The maximum atomic E-state index is 12.1. The van der Waals surface area contributed by atoms with E-state index in [-0.39, 0.29) is 17.2 Å². The molecule has 1 amide bonds. The van der Waals surface area contributed by atoms with E-state index in [0.717, 1.165) is 0 Å². The Labute approximate surface area is 117 Å². The summed E-state index contributed by atoms with van der Waals surface area (Å²) in [6.45, 7) is 6.87. The second kappa shape index (κ2) is 5.70. The minimum atomic E-state index is -1.02. The summed E-state index contributed by atoms with van der Waals surface area (Å²) in [5, 5.41) is 22.7. The molecule has 1 rings (SSSR count). The summed E-state index contributed by atoms with van der Waals surface area (Å²) in [6, 6.07) is 6.32. The van der Waals surface area contributed by atoms with Gasteiger partial charge in [-0.15, -0.1) is 0 Å². The molecule has 0 aliphatic rings. The van der Waals surface area contributed by atoms with Gasteiger partial charge in [-0.3, -0.25) is 14.9 Å². The molecule has 0 bridgehead atoms. The first-order chi connectivity index (χ1) is 9.21. The van der Waals surface area contributed by atoms with Crippen molar-refractivity contribution in [1.82, 2.24) is 5.32 Å². The SMILES string of the molecule is Cc1ccc(C(=O)N[C@@](C)(C#N)C(C)C)cc1[N+](=O)[O-]. The number of nitro groups is 1. The predicted octanol–water partition coefficient (Wildman–Crippen LogP) is 2.57. The van der Waals surface area contributed by atoms with Crippen LogP contribution < -0.4 is 5.32 Å². The van der Waals surface area contributed by atoms with Gasteiger partial charge in [0, 0.05) is 17.2 Å². The molecule has 1 aromatic rings. The molecule has 1 aromatic carbocycles. The van der Waals surface area contributed by atoms with Crippen LogP contribution in [0.1, 0.15) is 36.7 Å². The lowest BCUT2D eigenvalue weighted by Gasteiger charge is -2.27. The first-order valence-corrected chi connectivity index (χ1v) is 6.20. The van der Waals surface area contributed by atoms with Crippen LogP contribution in [0.2, 0.25) is 0 Å². The van der Waals surface area contributed by atoms with Gasteiger partial charge in [0.2, 0.25) is 0 Å². The quantitative estimate of drug-likeness (QED) is 0.674. The molecule has 1 atom stereocenters. The standard InChI is InChI=1S/C14H17N3O3/c1-9(2)14(4,8-15)16-13(18)11-6-5-10(3)12(7-11)17(19)20/h5-7,9H,1-4H3,(H,16,18)/t14-/m0/s1. The second-order valence-electron chi connectivity index (χ2n) is 5.18. The lowest BCUT2D eigenvalue weighted by atomic mass is 9.89. The van der Waals surface area contributed by atoms with Gasteiger partial charge < -0.3 is 5.32 Å². The summed E-state index contributed by atoms with van der Waals surface area (Å²) < 4.78 is 0. The molecule has 0 spiro atoms. The van der Waals surface area contributed by atoms with E-state index in [1.54, 1.807) is 13.8 Å². The zero-order valence-corrected chi connectivity index (χ0v) is 11.9. The number of nitriles is 1. The number of hydrogen-bond donors (Lipinski definition) is 1. The molecule has 6 nitrogen and oxygen atoms in total. The van der Waals surface area contributed by atoms with Crippen LogP contribution in [0.25, 0.3) is 0 Å². The van der Waals surface area contributed by atoms with E-state index in [1.165, 1.54) is 18.2 Å². The third-order valence-electron chi connectivity index (χ3n) is 3.43. The van der Waals surface area contributed by atoms with Gasteiger partial charge in [-0.05, 0) is 25.8 Å². The Morgan fingerprint density at radius 2 is 2.10 bits per heavy atom. The number of rotatable bonds is 4. The molecular weight excluding hydrogens is 258 g/mol. The topological polar surface area (TPSA) is 96.0 Å². The third kappa shape index (κ3) is 3.12. The third-order valence-corrected chi connectivity index (χ3v) is 3.43. The number of carbonyl (C=O) groups excluding carboxylic acids is 1. The molecule has 0 saturated heterocycles. The number of amides is 1. The highest BCUT2D eigenvalue weighted by Gasteiger charge is 2.30. The van der Waals surface area contributed by atoms with E-state index in [9.17, 15) is 14.9 Å². The van der Waals surface area contributed by atoms with Crippen molar-refractivity contribution in [3.05, 3.63) is 39.4 Å². The highest BCUT2D eigenvalue weighted by atomic mass is 16.6. The van der Waals surface area contributed by atoms with Gasteiger partial charge in [0.1, 0.15) is 5.54 Å². The van der Waals surface area contributed by atoms with Crippen molar-refractivity contribution < 1.29 is 9.72 Å². The second-order valence-corrected chi connectivity index (χ2v) is 5.18. The number of nitrogens with one attached hydrogen (secondary N) is 1. The molecule has 1 N–H and O–H groups in total. The largest absolute Gasteiger partial charge is 0.334 e. The lowest BCUT2D eigenvalue weighted by molar-refractivity contribution is -0.385. The lowest BCUT2D eigenvalue weighted by Crippen LogP contribution is -2.48. The normalized spacial score (nSPS) is 13.4. The van der Waals surface area contributed by atoms with Crippen molar-refractivity contribution in [2.45, 2.75) is 33.2 Å². The fraction of sp³-hybridized carbons (Fsp3) is 0.429. The summed E-state index contributed by atoms with van der Waals surface area (Å²) in [4.78, 5) is 22.5. The van der Waals surface area contributed by atoms with E-state index >= 15 is 0 Å². The Morgan fingerprint density at radius 3 is 2.55 bits per heavy atom. The summed E-state index contributed by atoms with van der Waals surface area (Å²) in [7, 11) is 0. The Morgan fingerprint density at radius 1 is 1.50 bits per heavy atom. The number of hydrogen-bond acceptors (Lipinski definition) is 4.